The van der Waals surface area contributed by atoms with Crippen molar-refractivity contribution < 1.29 is 8.78 Å². The van der Waals surface area contributed by atoms with Crippen molar-refractivity contribution >= 4 is 24.8 Å². The third-order valence-electron chi connectivity index (χ3n) is 3.09. The zero-order valence-electron chi connectivity index (χ0n) is 10.4. The Morgan fingerprint density at radius 2 is 1.95 bits per heavy atom. The Hall–Kier alpha value is -1.24. The molecule has 0 bridgehead atoms. The summed E-state index contributed by atoms with van der Waals surface area (Å²) >= 11 is 0. The zero-order valence-corrected chi connectivity index (χ0v) is 12.1. The van der Waals surface area contributed by atoms with Crippen molar-refractivity contribution in [3.8, 4) is 11.4 Å². The summed E-state index contributed by atoms with van der Waals surface area (Å²) in [5, 5.41) is 4.28. The number of hydrogen-bond acceptors (Lipinski definition) is 3. The Bertz CT molecular complexity index is 603. The van der Waals surface area contributed by atoms with Crippen LogP contribution in [-0.4, -0.2) is 14.8 Å². The Morgan fingerprint density at radius 3 is 2.60 bits per heavy atom. The summed E-state index contributed by atoms with van der Waals surface area (Å²) < 4.78 is 27.8. The van der Waals surface area contributed by atoms with Crippen molar-refractivity contribution in [2.75, 3.05) is 0 Å². The molecule has 8 heteroatoms. The highest BCUT2D eigenvalue weighted by Gasteiger charge is 2.21. The number of benzene rings is 1. The first-order chi connectivity index (χ1) is 8.65. The van der Waals surface area contributed by atoms with Crippen LogP contribution in [0.4, 0.5) is 8.78 Å². The average molecular weight is 323 g/mol. The van der Waals surface area contributed by atoms with Gasteiger partial charge in [-0.3, -0.25) is 0 Å². The molecule has 4 nitrogen and oxygen atoms in total. The van der Waals surface area contributed by atoms with E-state index >= 15 is 0 Å². The van der Waals surface area contributed by atoms with Crippen LogP contribution in [0.1, 0.15) is 24.7 Å². The van der Waals surface area contributed by atoms with Crippen molar-refractivity contribution in [2.45, 2.75) is 25.4 Å². The van der Waals surface area contributed by atoms with Crippen molar-refractivity contribution in [1.29, 1.82) is 0 Å². The van der Waals surface area contributed by atoms with E-state index in [0.29, 0.717) is 17.2 Å². The van der Waals surface area contributed by atoms with Gasteiger partial charge in [0, 0.05) is 12.1 Å². The lowest BCUT2D eigenvalue weighted by atomic mass is 10.1. The maximum atomic E-state index is 13.2. The third-order valence-corrected chi connectivity index (χ3v) is 3.09. The first-order valence-electron chi connectivity index (χ1n) is 5.81. The number of hydrogen-bond donors (Lipinski definition) is 1. The number of nitrogens with zero attached hydrogens (tertiary/aromatic N) is 3. The fourth-order valence-corrected chi connectivity index (χ4v) is 2.14. The minimum absolute atomic E-state index is 0. The molecule has 1 aliphatic heterocycles. The quantitative estimate of drug-likeness (QED) is 0.878. The molecule has 1 aromatic carbocycles. The molecule has 2 N–H and O–H groups in total. The molecule has 1 unspecified atom stereocenters. The Labute approximate surface area is 127 Å². The van der Waals surface area contributed by atoms with E-state index in [0.717, 1.165) is 31.5 Å². The van der Waals surface area contributed by atoms with Gasteiger partial charge < -0.3 is 5.73 Å². The fraction of sp³-hybridized carbons (Fsp3) is 0.333. The minimum atomic E-state index is -0.899. The molecule has 1 aromatic heterocycles. The van der Waals surface area contributed by atoms with Crippen LogP contribution >= 0.6 is 24.8 Å². The van der Waals surface area contributed by atoms with Gasteiger partial charge in [0.25, 0.3) is 0 Å². The minimum Gasteiger partial charge on any atom is -0.321 e. The van der Waals surface area contributed by atoms with Crippen LogP contribution in [0.15, 0.2) is 18.2 Å². The largest absolute Gasteiger partial charge is 0.321 e. The van der Waals surface area contributed by atoms with Crippen LogP contribution in [0.3, 0.4) is 0 Å². The van der Waals surface area contributed by atoms with Crippen LogP contribution in [0.5, 0.6) is 0 Å². The van der Waals surface area contributed by atoms with Gasteiger partial charge in [0.15, 0.2) is 17.5 Å². The van der Waals surface area contributed by atoms with E-state index in [1.165, 1.54) is 6.07 Å². The van der Waals surface area contributed by atoms with Crippen LogP contribution in [-0.2, 0) is 6.54 Å². The highest BCUT2D eigenvalue weighted by molar-refractivity contribution is 5.85. The van der Waals surface area contributed by atoms with E-state index in [1.54, 1.807) is 4.68 Å². The maximum absolute atomic E-state index is 13.2. The molecule has 0 saturated heterocycles. The van der Waals surface area contributed by atoms with Crippen molar-refractivity contribution in [2.24, 2.45) is 5.73 Å². The second kappa shape index (κ2) is 6.47. The summed E-state index contributed by atoms with van der Waals surface area (Å²) in [7, 11) is 0. The maximum Gasteiger partial charge on any atom is 0.181 e. The summed E-state index contributed by atoms with van der Waals surface area (Å²) in [6, 6.07) is 3.50. The second-order valence-electron chi connectivity index (χ2n) is 4.39. The van der Waals surface area contributed by atoms with E-state index < -0.39 is 11.6 Å². The molecule has 3 rings (SSSR count). The number of aryl methyl sites for hydroxylation is 1. The van der Waals surface area contributed by atoms with E-state index in [9.17, 15) is 8.78 Å². The summed E-state index contributed by atoms with van der Waals surface area (Å²) in [5.74, 6) is -0.675. The lowest BCUT2D eigenvalue weighted by Crippen LogP contribution is -2.22. The molecule has 0 aliphatic carbocycles. The molecule has 20 heavy (non-hydrogen) atoms. The Kier molecular flexibility index (Phi) is 5.44. The summed E-state index contributed by atoms with van der Waals surface area (Å²) in [6.45, 7) is 0.764. The Morgan fingerprint density at radius 1 is 1.20 bits per heavy atom. The monoisotopic (exact) mass is 322 g/mol. The normalized spacial score (nSPS) is 16.9. The van der Waals surface area contributed by atoms with Crippen molar-refractivity contribution in [3.63, 3.8) is 0 Å². The zero-order chi connectivity index (χ0) is 12.7. The van der Waals surface area contributed by atoms with Gasteiger partial charge >= 0.3 is 0 Å². The molecule has 0 amide bonds. The van der Waals surface area contributed by atoms with Gasteiger partial charge in [0.1, 0.15) is 5.82 Å². The fourth-order valence-electron chi connectivity index (χ4n) is 2.14. The lowest BCUT2D eigenvalue weighted by molar-refractivity contribution is 0.422. The van der Waals surface area contributed by atoms with Gasteiger partial charge in [-0.25, -0.2) is 18.4 Å². The third kappa shape index (κ3) is 2.92. The van der Waals surface area contributed by atoms with Crippen LogP contribution in [0.25, 0.3) is 11.4 Å². The van der Waals surface area contributed by atoms with E-state index in [-0.39, 0.29) is 30.9 Å². The molecule has 1 aliphatic rings. The van der Waals surface area contributed by atoms with E-state index in [4.69, 9.17) is 5.73 Å². The SMILES string of the molecule is Cl.Cl.NC1CCCn2nc(-c3ccc(F)c(F)c3)nc21. The van der Waals surface area contributed by atoms with Gasteiger partial charge in [0.05, 0.1) is 6.04 Å². The van der Waals surface area contributed by atoms with Crippen molar-refractivity contribution in [3.05, 3.63) is 35.7 Å². The predicted octanol–water partition coefficient (Wildman–Crippen LogP) is 2.86. The van der Waals surface area contributed by atoms with Gasteiger partial charge in [-0.1, -0.05) is 0 Å². The van der Waals surface area contributed by atoms with Gasteiger partial charge in [0.2, 0.25) is 0 Å². The number of halogens is 4. The van der Waals surface area contributed by atoms with E-state index in [1.807, 2.05) is 0 Å². The molecule has 0 fully saturated rings. The van der Waals surface area contributed by atoms with E-state index in [2.05, 4.69) is 10.1 Å². The van der Waals surface area contributed by atoms with Crippen LogP contribution in [0, 0.1) is 11.6 Å². The second-order valence-corrected chi connectivity index (χ2v) is 4.39. The van der Waals surface area contributed by atoms with Crippen LogP contribution < -0.4 is 5.73 Å². The highest BCUT2D eigenvalue weighted by Crippen LogP contribution is 2.25. The van der Waals surface area contributed by atoms with Gasteiger partial charge in [-0.05, 0) is 31.0 Å². The summed E-state index contributed by atoms with van der Waals surface area (Å²) in [5.41, 5.74) is 6.40. The number of fused-ring (bicyclic) bond motifs is 1. The number of rotatable bonds is 1. The van der Waals surface area contributed by atoms with Gasteiger partial charge in [-0.15, -0.1) is 24.8 Å². The molecule has 0 spiro atoms. The molecule has 0 saturated carbocycles. The Balaban J connectivity index is 0.000001000. The molecular weight excluding hydrogens is 309 g/mol. The highest BCUT2D eigenvalue weighted by atomic mass is 35.5. The molecule has 1 atom stereocenters. The number of nitrogens with two attached hydrogens (primary N) is 1. The average Bonchev–Trinajstić information content (AvgIpc) is 2.78. The molecular formula is C12H14Cl2F2N4. The summed E-state index contributed by atoms with van der Waals surface area (Å²) in [4.78, 5) is 4.31. The first-order valence-corrected chi connectivity index (χ1v) is 5.81. The van der Waals surface area contributed by atoms with Gasteiger partial charge in [-0.2, -0.15) is 5.10 Å². The smallest absolute Gasteiger partial charge is 0.181 e. The molecule has 0 radical (unpaired) electrons. The molecule has 2 aromatic rings. The van der Waals surface area contributed by atoms with Crippen LogP contribution in [0.2, 0.25) is 0 Å². The standard InChI is InChI=1S/C12H12F2N4.2ClH/c13-8-4-3-7(6-9(8)14)11-16-12-10(15)2-1-5-18(12)17-11;;/h3-4,6,10H,1-2,5,15H2;2*1H. The molecule has 2 heterocycles. The summed E-state index contributed by atoms with van der Waals surface area (Å²) in [6.07, 6.45) is 1.82. The number of aromatic nitrogens is 3. The lowest BCUT2D eigenvalue weighted by Gasteiger charge is -2.17. The predicted molar refractivity (Wildman–Crippen MR) is 76.0 cm³/mol. The van der Waals surface area contributed by atoms with Crippen molar-refractivity contribution in [1.82, 2.24) is 14.8 Å². The molecule has 110 valence electrons. The topological polar surface area (TPSA) is 56.7 Å². The first kappa shape index (κ1) is 16.8.